The number of nitrogens with two attached hydrogens (primary N) is 1. The molecule has 1 aromatic carbocycles. The van der Waals surface area contributed by atoms with E-state index >= 15 is 0 Å². The highest BCUT2D eigenvalue weighted by molar-refractivity contribution is 8.00. The average Bonchev–Trinajstić information content (AvgIpc) is 3.01. The first-order valence-electron chi connectivity index (χ1n) is 8.10. The number of nitrogens with zero attached hydrogens (tertiary/aromatic N) is 4. The van der Waals surface area contributed by atoms with Crippen LogP contribution in [0.2, 0.25) is 0 Å². The fourth-order valence-electron chi connectivity index (χ4n) is 2.20. The summed E-state index contributed by atoms with van der Waals surface area (Å²) in [5.74, 6) is 0.789. The van der Waals surface area contributed by atoms with E-state index in [9.17, 15) is 4.79 Å². The van der Waals surface area contributed by atoms with Crippen molar-refractivity contribution in [3.8, 4) is 0 Å². The Morgan fingerprint density at radius 2 is 2.07 bits per heavy atom. The van der Waals surface area contributed by atoms with Gasteiger partial charge in [0.25, 0.3) is 5.56 Å². The van der Waals surface area contributed by atoms with E-state index in [1.165, 1.54) is 34.7 Å². The van der Waals surface area contributed by atoms with Crippen LogP contribution in [0.5, 0.6) is 0 Å². The third kappa shape index (κ3) is 5.38. The molecule has 0 unspecified atom stereocenters. The van der Waals surface area contributed by atoms with Gasteiger partial charge >= 0.3 is 0 Å². The molecule has 3 rings (SSSR count). The Hall–Kier alpha value is -2.72. The fourth-order valence-corrected chi connectivity index (χ4v) is 3.91. The van der Waals surface area contributed by atoms with Crippen molar-refractivity contribution in [1.82, 2.24) is 20.2 Å². The Kier molecular flexibility index (Phi) is 5.87. The lowest BCUT2D eigenvalue weighted by atomic mass is 10.1. The molecule has 0 saturated carbocycles. The number of rotatable bonds is 5. The molecular formula is C17H19N7OS2. The molecule has 27 heavy (non-hydrogen) atoms. The number of aliphatic imine (C=N–C) groups is 1. The van der Waals surface area contributed by atoms with Crippen LogP contribution in [-0.4, -0.2) is 26.1 Å². The first-order valence-corrected chi connectivity index (χ1v) is 9.91. The summed E-state index contributed by atoms with van der Waals surface area (Å²) in [6.45, 7) is 5.96. The zero-order valence-corrected chi connectivity index (χ0v) is 16.7. The highest BCUT2D eigenvalue weighted by Crippen LogP contribution is 2.24. The normalized spacial score (nSPS) is 11.6. The smallest absolute Gasteiger partial charge is 0.252 e. The number of H-pyrrole nitrogens is 1. The van der Waals surface area contributed by atoms with E-state index in [2.05, 4.69) is 30.5 Å². The van der Waals surface area contributed by atoms with Crippen molar-refractivity contribution in [3.05, 3.63) is 56.4 Å². The maximum atomic E-state index is 11.9. The zero-order valence-electron chi connectivity index (χ0n) is 15.1. The van der Waals surface area contributed by atoms with E-state index in [0.717, 1.165) is 20.6 Å². The molecule has 0 bridgehead atoms. The minimum absolute atomic E-state index is 0.144. The summed E-state index contributed by atoms with van der Waals surface area (Å²) in [6, 6.07) is 7.33. The van der Waals surface area contributed by atoms with Gasteiger partial charge in [-0.1, -0.05) is 29.2 Å². The number of aromatic nitrogens is 4. The van der Waals surface area contributed by atoms with Crippen molar-refractivity contribution in [2.24, 2.45) is 10.7 Å². The van der Waals surface area contributed by atoms with Crippen molar-refractivity contribution in [1.29, 1.82) is 0 Å². The Morgan fingerprint density at radius 3 is 2.78 bits per heavy atom. The summed E-state index contributed by atoms with van der Waals surface area (Å²) in [5, 5.41) is 11.9. The maximum Gasteiger partial charge on any atom is 0.252 e. The van der Waals surface area contributed by atoms with Crippen molar-refractivity contribution >= 4 is 40.7 Å². The molecule has 4 N–H and O–H groups in total. The monoisotopic (exact) mass is 401 g/mol. The number of hydrogen-bond acceptors (Lipinski definition) is 7. The number of nitrogens with one attached hydrogen (secondary N) is 2. The van der Waals surface area contributed by atoms with E-state index < -0.39 is 0 Å². The van der Waals surface area contributed by atoms with Gasteiger partial charge in [-0.15, -0.1) is 10.2 Å². The molecule has 0 amide bonds. The van der Waals surface area contributed by atoms with Crippen molar-refractivity contribution < 1.29 is 0 Å². The van der Waals surface area contributed by atoms with E-state index in [1.54, 1.807) is 0 Å². The predicted octanol–water partition coefficient (Wildman–Crippen LogP) is 2.90. The predicted molar refractivity (Wildman–Crippen MR) is 110 cm³/mol. The second-order valence-corrected chi connectivity index (χ2v) is 8.26. The van der Waals surface area contributed by atoms with Crippen LogP contribution in [-0.2, 0) is 5.75 Å². The van der Waals surface area contributed by atoms with Crippen LogP contribution in [0.15, 0.2) is 38.4 Å². The molecule has 10 heteroatoms. The van der Waals surface area contributed by atoms with Gasteiger partial charge < -0.3 is 11.1 Å². The van der Waals surface area contributed by atoms with Gasteiger partial charge in [0.2, 0.25) is 11.9 Å². The van der Waals surface area contributed by atoms with E-state index in [0.29, 0.717) is 11.4 Å². The summed E-state index contributed by atoms with van der Waals surface area (Å²) in [6.07, 6.45) is 0. The molecule has 0 aliphatic heterocycles. The lowest BCUT2D eigenvalue weighted by molar-refractivity contribution is 0.981. The molecule has 140 valence electrons. The lowest BCUT2D eigenvalue weighted by Crippen LogP contribution is -2.22. The summed E-state index contributed by atoms with van der Waals surface area (Å²) in [7, 11) is 0. The molecule has 2 heterocycles. The summed E-state index contributed by atoms with van der Waals surface area (Å²) >= 11 is 2.97. The standard InChI is InChI=1S/C17H19N7OS2/c1-9-4-5-12(6-10(9)2)19-15(18)22-16-20-13(7-14(25)21-16)8-26-17-24-23-11(3)27-17/h4-7H,8H2,1-3H3,(H4,18,19,20,21,22,25). The second-order valence-electron chi connectivity index (χ2n) is 5.86. The largest absolute Gasteiger partial charge is 0.369 e. The van der Waals surface area contributed by atoms with E-state index in [1.807, 2.05) is 39.0 Å². The number of thioether (sulfide) groups is 1. The zero-order chi connectivity index (χ0) is 19.4. The van der Waals surface area contributed by atoms with Crippen molar-refractivity contribution in [2.45, 2.75) is 30.9 Å². The number of aryl methyl sites for hydroxylation is 3. The molecule has 8 nitrogen and oxygen atoms in total. The first-order chi connectivity index (χ1) is 12.9. The fraction of sp³-hybridized carbons (Fsp3) is 0.235. The minimum Gasteiger partial charge on any atom is -0.369 e. The van der Waals surface area contributed by atoms with Crippen LogP contribution in [0.1, 0.15) is 21.8 Å². The van der Waals surface area contributed by atoms with Gasteiger partial charge in [-0.2, -0.15) is 4.99 Å². The van der Waals surface area contributed by atoms with Gasteiger partial charge in [-0.05, 0) is 44.0 Å². The van der Waals surface area contributed by atoms with Crippen LogP contribution in [0.3, 0.4) is 0 Å². The summed E-state index contributed by atoms with van der Waals surface area (Å²) < 4.78 is 0.829. The maximum absolute atomic E-state index is 11.9. The topological polar surface area (TPSA) is 122 Å². The highest BCUT2D eigenvalue weighted by Gasteiger charge is 2.06. The Morgan fingerprint density at radius 1 is 1.26 bits per heavy atom. The van der Waals surface area contributed by atoms with Crippen molar-refractivity contribution in [2.75, 3.05) is 5.32 Å². The van der Waals surface area contributed by atoms with Crippen molar-refractivity contribution in [3.63, 3.8) is 0 Å². The summed E-state index contributed by atoms with van der Waals surface area (Å²) in [4.78, 5) is 23.0. The summed E-state index contributed by atoms with van der Waals surface area (Å²) in [5.41, 5.74) is 9.41. The number of aromatic amines is 1. The molecule has 0 atom stereocenters. The quantitative estimate of drug-likeness (QED) is 0.341. The Bertz CT molecular complexity index is 1040. The number of guanidine groups is 1. The van der Waals surface area contributed by atoms with Gasteiger partial charge in [0.1, 0.15) is 5.01 Å². The van der Waals surface area contributed by atoms with Crippen LogP contribution in [0.4, 0.5) is 11.6 Å². The number of hydrogen-bond donors (Lipinski definition) is 3. The average molecular weight is 402 g/mol. The number of anilines is 1. The molecule has 0 saturated heterocycles. The van der Waals surface area contributed by atoms with Gasteiger partial charge in [-0.25, -0.2) is 4.98 Å². The molecule has 0 aliphatic carbocycles. The van der Waals surface area contributed by atoms with Gasteiger partial charge in [0.15, 0.2) is 4.34 Å². The SMILES string of the molecule is Cc1nnc(SCc2cc(=O)[nH]c(/N=C(\N)Nc3ccc(C)c(C)c3)n2)s1. The van der Waals surface area contributed by atoms with E-state index in [-0.39, 0.29) is 17.5 Å². The van der Waals surface area contributed by atoms with Crippen LogP contribution >= 0.6 is 23.1 Å². The molecular weight excluding hydrogens is 382 g/mol. The lowest BCUT2D eigenvalue weighted by Gasteiger charge is -2.08. The molecule has 0 spiro atoms. The third-order valence-electron chi connectivity index (χ3n) is 3.64. The first kappa shape index (κ1) is 19.1. The second kappa shape index (κ2) is 8.31. The third-order valence-corrected chi connectivity index (χ3v) is 5.64. The minimum atomic E-state index is -0.285. The van der Waals surface area contributed by atoms with E-state index in [4.69, 9.17) is 5.73 Å². The molecule has 3 aromatic rings. The van der Waals surface area contributed by atoms with Gasteiger partial charge in [0.05, 0.1) is 5.69 Å². The Labute approximate surface area is 164 Å². The molecule has 0 aliphatic rings. The molecule has 0 fully saturated rings. The van der Waals surface area contributed by atoms with Gasteiger partial charge in [-0.3, -0.25) is 9.78 Å². The molecule has 2 aromatic heterocycles. The van der Waals surface area contributed by atoms with Crippen LogP contribution in [0.25, 0.3) is 0 Å². The number of benzene rings is 1. The Balaban J connectivity index is 1.73. The van der Waals surface area contributed by atoms with Crippen LogP contribution in [0, 0.1) is 20.8 Å². The molecule has 0 radical (unpaired) electrons. The van der Waals surface area contributed by atoms with Gasteiger partial charge in [0, 0.05) is 17.5 Å². The highest BCUT2D eigenvalue weighted by atomic mass is 32.2. The van der Waals surface area contributed by atoms with Crippen LogP contribution < -0.4 is 16.6 Å².